The Morgan fingerprint density at radius 2 is 0.750 bits per heavy atom. The highest BCUT2D eigenvalue weighted by molar-refractivity contribution is 5.37. The molecule has 0 saturated heterocycles. The van der Waals surface area contributed by atoms with E-state index in [1.54, 1.807) is 57.2 Å². The molecule has 3 N–H and O–H groups in total. The largest absolute Gasteiger partial charge is 0.508 e. The second-order valence-electron chi connectivity index (χ2n) is 8.97. The van der Waals surface area contributed by atoms with Gasteiger partial charge in [-0.05, 0) is 72.4 Å². The van der Waals surface area contributed by atoms with Crippen LogP contribution in [0.3, 0.4) is 0 Å². The number of phenols is 3. The molecule has 0 amide bonds. The van der Waals surface area contributed by atoms with Crippen molar-refractivity contribution in [3.8, 4) is 17.2 Å². The normalized spacial score (nSPS) is 11.1. The standard InChI is InChI=1S/C27H27N3O6/c1-16-10-19(4-7-22(16)31)13-28-25(34)29(14-20-5-8-23(32)17(2)11-20)27(36)30(26(28)35)15-21-6-9-24(33)18(3)12-21/h4-12,31-33H,13-15H2,1-3H3. The maximum atomic E-state index is 13.4. The lowest BCUT2D eigenvalue weighted by Crippen LogP contribution is -2.54. The van der Waals surface area contributed by atoms with Gasteiger partial charge in [0.05, 0.1) is 19.6 Å². The molecule has 0 aliphatic rings. The number of hydrogen-bond acceptors (Lipinski definition) is 6. The van der Waals surface area contributed by atoms with E-state index in [4.69, 9.17) is 0 Å². The fraction of sp³-hybridized carbons (Fsp3) is 0.222. The van der Waals surface area contributed by atoms with E-state index in [1.165, 1.54) is 18.2 Å². The molecular formula is C27H27N3O6. The number of nitrogens with zero attached hydrogens (tertiary/aromatic N) is 3. The molecular weight excluding hydrogens is 462 g/mol. The van der Waals surface area contributed by atoms with Crippen molar-refractivity contribution in [2.45, 2.75) is 40.4 Å². The molecule has 0 spiro atoms. The quantitative estimate of drug-likeness (QED) is 0.382. The van der Waals surface area contributed by atoms with Gasteiger partial charge in [0.25, 0.3) is 0 Å². The minimum atomic E-state index is -0.764. The molecule has 1 heterocycles. The van der Waals surface area contributed by atoms with Crippen LogP contribution in [-0.2, 0) is 19.6 Å². The molecule has 1 aromatic heterocycles. The summed E-state index contributed by atoms with van der Waals surface area (Å²) in [5.74, 6) is 0.289. The fourth-order valence-corrected chi connectivity index (χ4v) is 4.08. The van der Waals surface area contributed by atoms with Crippen LogP contribution in [0, 0.1) is 20.8 Å². The SMILES string of the molecule is Cc1cc(Cn2c(=O)n(Cc3ccc(O)c(C)c3)c(=O)n(Cc3ccc(O)c(C)c3)c2=O)ccc1O. The van der Waals surface area contributed by atoms with Crippen molar-refractivity contribution in [2.24, 2.45) is 0 Å². The van der Waals surface area contributed by atoms with Gasteiger partial charge in [0.2, 0.25) is 0 Å². The summed E-state index contributed by atoms with van der Waals surface area (Å²) < 4.78 is 2.98. The fourth-order valence-electron chi connectivity index (χ4n) is 4.08. The van der Waals surface area contributed by atoms with Crippen LogP contribution in [0.25, 0.3) is 0 Å². The van der Waals surface area contributed by atoms with Crippen molar-refractivity contribution in [3.05, 3.63) is 119 Å². The highest BCUT2D eigenvalue weighted by Crippen LogP contribution is 2.19. The van der Waals surface area contributed by atoms with Gasteiger partial charge in [-0.1, -0.05) is 36.4 Å². The Labute approximate surface area is 206 Å². The van der Waals surface area contributed by atoms with Gasteiger partial charge >= 0.3 is 17.1 Å². The topological polar surface area (TPSA) is 127 Å². The van der Waals surface area contributed by atoms with Gasteiger partial charge in [0.15, 0.2) is 0 Å². The minimum absolute atomic E-state index is 0.0950. The zero-order chi connectivity index (χ0) is 26.1. The Hall–Kier alpha value is -4.53. The minimum Gasteiger partial charge on any atom is -0.508 e. The summed E-state index contributed by atoms with van der Waals surface area (Å²) in [7, 11) is 0. The highest BCUT2D eigenvalue weighted by Gasteiger charge is 2.17. The molecule has 0 aliphatic heterocycles. The Bertz CT molecular complexity index is 1420. The van der Waals surface area contributed by atoms with Crippen molar-refractivity contribution >= 4 is 0 Å². The molecule has 0 aliphatic carbocycles. The van der Waals surface area contributed by atoms with E-state index in [0.29, 0.717) is 33.4 Å². The molecule has 0 saturated carbocycles. The summed E-state index contributed by atoms with van der Waals surface area (Å²) in [6, 6.07) is 14.3. The van der Waals surface area contributed by atoms with E-state index in [1.807, 2.05) is 0 Å². The maximum Gasteiger partial charge on any atom is 0.336 e. The summed E-state index contributed by atoms with van der Waals surface area (Å²) in [5, 5.41) is 29.5. The van der Waals surface area contributed by atoms with Crippen LogP contribution in [0.4, 0.5) is 0 Å². The van der Waals surface area contributed by atoms with E-state index >= 15 is 0 Å². The van der Waals surface area contributed by atoms with Crippen molar-refractivity contribution in [1.29, 1.82) is 0 Å². The third-order valence-corrected chi connectivity index (χ3v) is 6.19. The summed E-state index contributed by atoms with van der Waals surface area (Å²) in [5.41, 5.74) is 1.32. The third kappa shape index (κ3) is 4.81. The van der Waals surface area contributed by atoms with Gasteiger partial charge in [-0.25, -0.2) is 28.1 Å². The first-order valence-corrected chi connectivity index (χ1v) is 11.3. The predicted molar refractivity (Wildman–Crippen MR) is 135 cm³/mol. The lowest BCUT2D eigenvalue weighted by Gasteiger charge is -2.15. The van der Waals surface area contributed by atoms with Gasteiger partial charge in [0, 0.05) is 0 Å². The second-order valence-corrected chi connectivity index (χ2v) is 8.97. The van der Waals surface area contributed by atoms with Gasteiger partial charge in [-0.2, -0.15) is 0 Å². The Balaban J connectivity index is 1.88. The molecule has 0 bridgehead atoms. The third-order valence-electron chi connectivity index (χ3n) is 6.19. The first kappa shape index (κ1) is 24.6. The summed E-state index contributed by atoms with van der Waals surface area (Å²) >= 11 is 0. The summed E-state index contributed by atoms with van der Waals surface area (Å²) in [6.45, 7) is 4.84. The molecule has 9 nitrogen and oxygen atoms in total. The van der Waals surface area contributed by atoms with Crippen LogP contribution in [0.15, 0.2) is 69.0 Å². The van der Waals surface area contributed by atoms with Crippen molar-refractivity contribution in [3.63, 3.8) is 0 Å². The first-order chi connectivity index (χ1) is 17.0. The van der Waals surface area contributed by atoms with Crippen LogP contribution < -0.4 is 17.1 Å². The number of aryl methyl sites for hydroxylation is 3. The summed E-state index contributed by atoms with van der Waals surface area (Å²) in [6.07, 6.45) is 0. The van der Waals surface area contributed by atoms with Gasteiger partial charge in [0.1, 0.15) is 17.2 Å². The molecule has 186 valence electrons. The zero-order valence-electron chi connectivity index (χ0n) is 20.2. The molecule has 0 fully saturated rings. The number of benzene rings is 3. The number of rotatable bonds is 6. The number of aromatic hydroxyl groups is 3. The number of aromatic nitrogens is 3. The Morgan fingerprint density at radius 1 is 0.500 bits per heavy atom. The lowest BCUT2D eigenvalue weighted by atomic mass is 10.1. The molecule has 3 aromatic carbocycles. The van der Waals surface area contributed by atoms with Gasteiger partial charge in [-0.15, -0.1) is 0 Å². The van der Waals surface area contributed by atoms with Gasteiger partial charge < -0.3 is 15.3 Å². The monoisotopic (exact) mass is 489 g/mol. The zero-order valence-corrected chi connectivity index (χ0v) is 20.2. The molecule has 4 rings (SSSR count). The Morgan fingerprint density at radius 3 is 0.972 bits per heavy atom. The van der Waals surface area contributed by atoms with Crippen molar-refractivity contribution in [2.75, 3.05) is 0 Å². The van der Waals surface area contributed by atoms with Crippen molar-refractivity contribution in [1.82, 2.24) is 13.7 Å². The van der Waals surface area contributed by atoms with Crippen molar-refractivity contribution < 1.29 is 15.3 Å². The van der Waals surface area contributed by atoms with E-state index in [-0.39, 0.29) is 36.9 Å². The maximum absolute atomic E-state index is 13.4. The molecule has 0 atom stereocenters. The highest BCUT2D eigenvalue weighted by atomic mass is 16.3. The van der Waals surface area contributed by atoms with Crippen LogP contribution in [0.2, 0.25) is 0 Å². The van der Waals surface area contributed by atoms with Crippen LogP contribution >= 0.6 is 0 Å². The van der Waals surface area contributed by atoms with E-state index < -0.39 is 17.1 Å². The molecule has 36 heavy (non-hydrogen) atoms. The van der Waals surface area contributed by atoms with E-state index in [0.717, 1.165) is 13.7 Å². The number of hydrogen-bond donors (Lipinski definition) is 3. The average Bonchev–Trinajstić information content (AvgIpc) is 2.84. The molecule has 0 radical (unpaired) electrons. The van der Waals surface area contributed by atoms with Crippen LogP contribution in [0.1, 0.15) is 33.4 Å². The van der Waals surface area contributed by atoms with E-state index in [2.05, 4.69) is 0 Å². The second kappa shape index (κ2) is 9.61. The number of phenolic OH excluding ortho intramolecular Hbond substituents is 3. The predicted octanol–water partition coefficient (Wildman–Crippen LogP) is 2.36. The lowest BCUT2D eigenvalue weighted by molar-refractivity contribution is 0.468. The Kier molecular flexibility index (Phi) is 6.57. The smallest absolute Gasteiger partial charge is 0.336 e. The summed E-state index contributed by atoms with van der Waals surface area (Å²) in [4.78, 5) is 40.2. The first-order valence-electron chi connectivity index (χ1n) is 11.3. The molecule has 9 heteroatoms. The van der Waals surface area contributed by atoms with E-state index in [9.17, 15) is 29.7 Å². The van der Waals surface area contributed by atoms with Crippen LogP contribution in [-0.4, -0.2) is 29.0 Å². The van der Waals surface area contributed by atoms with Crippen LogP contribution in [0.5, 0.6) is 17.2 Å². The molecule has 4 aromatic rings. The molecule has 0 unspecified atom stereocenters. The van der Waals surface area contributed by atoms with Gasteiger partial charge in [-0.3, -0.25) is 0 Å². The average molecular weight is 490 g/mol.